The molecule has 0 fully saturated rings. The van der Waals surface area contributed by atoms with Crippen LogP contribution in [0.3, 0.4) is 0 Å². The smallest absolute Gasteiger partial charge is 0.120 e. The zero-order valence-corrected chi connectivity index (χ0v) is 10.1. The lowest BCUT2D eigenvalue weighted by atomic mass is 9.76. The van der Waals surface area contributed by atoms with Crippen molar-refractivity contribution >= 4 is 17.9 Å². The van der Waals surface area contributed by atoms with E-state index in [1.807, 2.05) is 24.3 Å². The Bertz CT molecular complexity index is 335. The number of hydrogen-bond donors (Lipinski definition) is 0. The second-order valence-corrected chi connectivity index (χ2v) is 4.63. The number of carbonyl (C=O) groups excluding carboxylic acids is 1. The van der Waals surface area contributed by atoms with Crippen LogP contribution in [0.1, 0.15) is 38.7 Å². The first-order chi connectivity index (χ1) is 7.12. The zero-order valence-electron chi connectivity index (χ0n) is 9.29. The maximum Gasteiger partial charge on any atom is 0.120 e. The van der Waals surface area contributed by atoms with Crippen LogP contribution in [0.2, 0.25) is 5.02 Å². The van der Waals surface area contributed by atoms with Crippen LogP contribution in [0.4, 0.5) is 0 Å². The molecule has 0 N–H and O–H groups in total. The van der Waals surface area contributed by atoms with Crippen molar-refractivity contribution in [2.45, 2.75) is 38.5 Å². The minimum Gasteiger partial charge on any atom is -0.303 e. The average Bonchev–Trinajstić information content (AvgIpc) is 2.18. The third-order valence-electron chi connectivity index (χ3n) is 2.86. The molecule has 0 spiro atoms. The van der Waals surface area contributed by atoms with Crippen molar-refractivity contribution in [1.82, 2.24) is 0 Å². The Hall–Kier alpha value is -0.820. The SMILES string of the molecule is CCC[C@](C)(CC=O)c1cccc(Cl)c1. The molecule has 0 aliphatic heterocycles. The van der Waals surface area contributed by atoms with Crippen LogP contribution in [0.15, 0.2) is 24.3 Å². The highest BCUT2D eigenvalue weighted by Gasteiger charge is 2.25. The van der Waals surface area contributed by atoms with Crippen molar-refractivity contribution in [3.8, 4) is 0 Å². The lowest BCUT2D eigenvalue weighted by Gasteiger charge is -2.27. The molecule has 0 amide bonds. The van der Waals surface area contributed by atoms with E-state index < -0.39 is 0 Å². The number of carbonyl (C=O) groups is 1. The minimum absolute atomic E-state index is 0.0681. The summed E-state index contributed by atoms with van der Waals surface area (Å²) in [7, 11) is 0. The van der Waals surface area contributed by atoms with Crippen LogP contribution in [0, 0.1) is 0 Å². The second kappa shape index (κ2) is 5.32. The number of aldehydes is 1. The molecule has 82 valence electrons. The fourth-order valence-electron chi connectivity index (χ4n) is 1.96. The monoisotopic (exact) mass is 224 g/mol. The van der Waals surface area contributed by atoms with Gasteiger partial charge < -0.3 is 4.79 Å². The van der Waals surface area contributed by atoms with Gasteiger partial charge in [-0.25, -0.2) is 0 Å². The molecular weight excluding hydrogens is 208 g/mol. The molecule has 0 saturated carbocycles. The average molecular weight is 225 g/mol. The van der Waals surface area contributed by atoms with Crippen molar-refractivity contribution < 1.29 is 4.79 Å². The Morgan fingerprint density at radius 2 is 2.20 bits per heavy atom. The molecule has 0 aliphatic rings. The van der Waals surface area contributed by atoms with Gasteiger partial charge in [0.2, 0.25) is 0 Å². The Kier molecular flexibility index (Phi) is 4.34. The Labute approximate surface area is 96.5 Å². The molecule has 1 aromatic carbocycles. The molecule has 0 unspecified atom stereocenters. The zero-order chi connectivity index (χ0) is 11.3. The van der Waals surface area contributed by atoms with E-state index in [9.17, 15) is 4.79 Å². The van der Waals surface area contributed by atoms with Crippen molar-refractivity contribution in [3.05, 3.63) is 34.9 Å². The fourth-order valence-corrected chi connectivity index (χ4v) is 2.15. The van der Waals surface area contributed by atoms with Gasteiger partial charge in [-0.1, -0.05) is 44.0 Å². The highest BCUT2D eigenvalue weighted by atomic mass is 35.5. The van der Waals surface area contributed by atoms with Gasteiger partial charge in [-0.05, 0) is 29.5 Å². The molecule has 0 saturated heterocycles. The first kappa shape index (κ1) is 12.3. The summed E-state index contributed by atoms with van der Waals surface area (Å²) in [6.07, 6.45) is 3.63. The maximum absolute atomic E-state index is 10.7. The summed E-state index contributed by atoms with van der Waals surface area (Å²) in [6.45, 7) is 4.25. The van der Waals surface area contributed by atoms with Gasteiger partial charge in [0, 0.05) is 11.4 Å². The maximum atomic E-state index is 10.7. The summed E-state index contributed by atoms with van der Waals surface area (Å²) in [5, 5.41) is 0.737. The highest BCUT2D eigenvalue weighted by molar-refractivity contribution is 6.30. The molecular formula is C13H17ClO. The minimum atomic E-state index is -0.0681. The summed E-state index contributed by atoms with van der Waals surface area (Å²) in [5.74, 6) is 0. The largest absolute Gasteiger partial charge is 0.303 e. The second-order valence-electron chi connectivity index (χ2n) is 4.19. The highest BCUT2D eigenvalue weighted by Crippen LogP contribution is 2.32. The Morgan fingerprint density at radius 3 is 2.73 bits per heavy atom. The molecule has 0 heterocycles. The lowest BCUT2D eigenvalue weighted by Crippen LogP contribution is -2.22. The van der Waals surface area contributed by atoms with Crippen LogP contribution in [0.5, 0.6) is 0 Å². The molecule has 2 heteroatoms. The summed E-state index contributed by atoms with van der Waals surface area (Å²) >= 11 is 5.96. The van der Waals surface area contributed by atoms with Crippen LogP contribution in [0.25, 0.3) is 0 Å². The molecule has 15 heavy (non-hydrogen) atoms. The van der Waals surface area contributed by atoms with Gasteiger partial charge in [0.15, 0.2) is 0 Å². The van der Waals surface area contributed by atoms with Crippen molar-refractivity contribution in [2.24, 2.45) is 0 Å². The van der Waals surface area contributed by atoms with E-state index >= 15 is 0 Å². The third-order valence-corrected chi connectivity index (χ3v) is 3.09. The van der Waals surface area contributed by atoms with E-state index in [2.05, 4.69) is 13.8 Å². The molecule has 0 aliphatic carbocycles. The van der Waals surface area contributed by atoms with E-state index in [1.165, 1.54) is 0 Å². The van der Waals surface area contributed by atoms with Gasteiger partial charge in [-0.3, -0.25) is 0 Å². The van der Waals surface area contributed by atoms with Gasteiger partial charge in [0.05, 0.1) is 0 Å². The van der Waals surface area contributed by atoms with Crippen LogP contribution in [-0.4, -0.2) is 6.29 Å². The van der Waals surface area contributed by atoms with Crippen LogP contribution >= 0.6 is 11.6 Å². The number of hydrogen-bond acceptors (Lipinski definition) is 1. The molecule has 1 nitrogen and oxygen atoms in total. The summed E-state index contributed by atoms with van der Waals surface area (Å²) in [6, 6.07) is 7.81. The van der Waals surface area contributed by atoms with Gasteiger partial charge in [-0.15, -0.1) is 0 Å². The van der Waals surface area contributed by atoms with Gasteiger partial charge in [0.25, 0.3) is 0 Å². The van der Waals surface area contributed by atoms with E-state index in [0.717, 1.165) is 29.7 Å². The van der Waals surface area contributed by atoms with Gasteiger partial charge in [0.1, 0.15) is 6.29 Å². The number of benzene rings is 1. The van der Waals surface area contributed by atoms with Crippen LogP contribution < -0.4 is 0 Å². The first-order valence-corrected chi connectivity index (χ1v) is 5.70. The normalized spacial score (nSPS) is 14.6. The number of rotatable bonds is 5. The van der Waals surface area contributed by atoms with E-state index in [1.54, 1.807) is 0 Å². The molecule has 0 aromatic heterocycles. The summed E-state index contributed by atoms with van der Waals surface area (Å²) in [5.41, 5.74) is 1.09. The van der Waals surface area contributed by atoms with Crippen LogP contribution in [-0.2, 0) is 10.2 Å². The number of halogens is 1. The Balaban J connectivity index is 3.02. The van der Waals surface area contributed by atoms with Gasteiger partial charge in [-0.2, -0.15) is 0 Å². The van der Waals surface area contributed by atoms with Crippen molar-refractivity contribution in [2.75, 3.05) is 0 Å². The predicted molar refractivity (Wildman–Crippen MR) is 64.4 cm³/mol. The third kappa shape index (κ3) is 3.07. The van der Waals surface area contributed by atoms with E-state index in [-0.39, 0.29) is 5.41 Å². The standard InChI is InChI=1S/C13H17ClO/c1-3-7-13(2,8-9-15)11-5-4-6-12(14)10-11/h4-6,9-10H,3,7-8H2,1-2H3/t13-/m1/s1. The van der Waals surface area contributed by atoms with Gasteiger partial charge >= 0.3 is 0 Å². The lowest BCUT2D eigenvalue weighted by molar-refractivity contribution is -0.108. The summed E-state index contributed by atoms with van der Waals surface area (Å²) in [4.78, 5) is 10.7. The fraction of sp³-hybridized carbons (Fsp3) is 0.462. The topological polar surface area (TPSA) is 17.1 Å². The van der Waals surface area contributed by atoms with E-state index in [0.29, 0.717) is 6.42 Å². The molecule has 1 rings (SSSR count). The summed E-state index contributed by atoms with van der Waals surface area (Å²) < 4.78 is 0. The molecule has 1 atom stereocenters. The van der Waals surface area contributed by atoms with Crippen molar-refractivity contribution in [3.63, 3.8) is 0 Å². The predicted octanol–water partition coefficient (Wildman–Crippen LogP) is 3.99. The first-order valence-electron chi connectivity index (χ1n) is 5.32. The molecule has 1 aromatic rings. The van der Waals surface area contributed by atoms with Crippen molar-refractivity contribution in [1.29, 1.82) is 0 Å². The van der Waals surface area contributed by atoms with E-state index in [4.69, 9.17) is 11.6 Å². The molecule has 0 bridgehead atoms. The Morgan fingerprint density at radius 1 is 1.47 bits per heavy atom. The molecule has 0 radical (unpaired) electrons. The quantitative estimate of drug-likeness (QED) is 0.692.